The van der Waals surface area contributed by atoms with E-state index in [2.05, 4.69) is 0 Å². The Morgan fingerprint density at radius 1 is 0.682 bits per heavy atom. The van der Waals surface area contributed by atoms with Crippen molar-refractivity contribution >= 4 is 29.8 Å². The Kier molecular flexibility index (Phi) is 13.7. The SMILES string of the molecule is O=C(O)CC(O)(CC(=O)O)C(=O)O.O=C(O)CCC(=O)O.[H-].[Na+]. The number of hydrogen-bond acceptors (Lipinski definition) is 6. The van der Waals surface area contributed by atoms with Crippen LogP contribution >= 0.6 is 0 Å². The quantitative estimate of drug-likeness (QED) is 0.234. The summed E-state index contributed by atoms with van der Waals surface area (Å²) in [6, 6.07) is 0. The van der Waals surface area contributed by atoms with Gasteiger partial charge in [0.25, 0.3) is 0 Å². The second-order valence-electron chi connectivity index (χ2n) is 3.77. The van der Waals surface area contributed by atoms with Crippen LogP contribution in [0, 0.1) is 0 Å². The fraction of sp³-hybridized carbons (Fsp3) is 0.500. The molecule has 0 spiro atoms. The maximum absolute atomic E-state index is 10.3. The van der Waals surface area contributed by atoms with Crippen molar-refractivity contribution in [1.82, 2.24) is 0 Å². The van der Waals surface area contributed by atoms with Gasteiger partial charge >= 0.3 is 59.4 Å². The van der Waals surface area contributed by atoms with Gasteiger partial charge in [-0.2, -0.15) is 0 Å². The van der Waals surface area contributed by atoms with Gasteiger partial charge in [-0.1, -0.05) is 0 Å². The van der Waals surface area contributed by atoms with Gasteiger partial charge < -0.3 is 32.1 Å². The number of carbonyl (C=O) groups is 5. The molecule has 0 aliphatic carbocycles. The van der Waals surface area contributed by atoms with E-state index >= 15 is 0 Å². The molecule has 0 atom stereocenters. The fourth-order valence-electron chi connectivity index (χ4n) is 0.928. The minimum atomic E-state index is -2.74. The summed E-state index contributed by atoms with van der Waals surface area (Å²) >= 11 is 0. The Hall–Kier alpha value is -1.69. The predicted octanol–water partition coefficient (Wildman–Crippen LogP) is -4.20. The number of carboxylic acids is 5. The van der Waals surface area contributed by atoms with Crippen molar-refractivity contribution in [3.63, 3.8) is 0 Å². The predicted molar refractivity (Wildman–Crippen MR) is 62.7 cm³/mol. The van der Waals surface area contributed by atoms with Crippen LogP contribution in [-0.2, 0) is 24.0 Å². The molecule has 11 nitrogen and oxygen atoms in total. The summed E-state index contributed by atoms with van der Waals surface area (Å²) in [5, 5.41) is 49.6. The Balaban J connectivity index is -0.000000158. The third-order valence-electron chi connectivity index (χ3n) is 1.84. The topological polar surface area (TPSA) is 207 Å². The van der Waals surface area contributed by atoms with Crippen molar-refractivity contribution in [2.45, 2.75) is 31.3 Å². The van der Waals surface area contributed by atoms with Crippen LogP contribution in [0.3, 0.4) is 0 Å². The van der Waals surface area contributed by atoms with Crippen LogP contribution in [0.2, 0.25) is 0 Å². The van der Waals surface area contributed by atoms with Crippen molar-refractivity contribution in [2.75, 3.05) is 0 Å². The second kappa shape index (κ2) is 11.9. The molecule has 0 saturated carbocycles. The van der Waals surface area contributed by atoms with Crippen molar-refractivity contribution in [3.8, 4) is 0 Å². The van der Waals surface area contributed by atoms with Crippen LogP contribution in [0.25, 0.3) is 0 Å². The van der Waals surface area contributed by atoms with Gasteiger partial charge in [0.15, 0.2) is 5.60 Å². The van der Waals surface area contributed by atoms with Gasteiger partial charge in [0.05, 0.1) is 25.7 Å². The van der Waals surface area contributed by atoms with E-state index in [0.717, 1.165) is 0 Å². The summed E-state index contributed by atoms with van der Waals surface area (Å²) in [5.41, 5.74) is -2.74. The molecule has 22 heavy (non-hydrogen) atoms. The second-order valence-corrected chi connectivity index (χ2v) is 3.77. The molecule has 0 aromatic rings. The van der Waals surface area contributed by atoms with Crippen LogP contribution in [0.4, 0.5) is 0 Å². The molecule has 0 aromatic carbocycles. The molecule has 0 radical (unpaired) electrons. The van der Waals surface area contributed by atoms with E-state index in [9.17, 15) is 24.0 Å². The summed E-state index contributed by atoms with van der Waals surface area (Å²) in [7, 11) is 0. The maximum atomic E-state index is 10.3. The number of carboxylic acid groups (broad SMARTS) is 5. The Bertz CT molecular complexity index is 407. The van der Waals surface area contributed by atoms with Gasteiger partial charge in [0.2, 0.25) is 0 Å². The Morgan fingerprint density at radius 2 is 0.955 bits per heavy atom. The number of hydrogen-bond donors (Lipinski definition) is 6. The number of aliphatic carboxylic acids is 5. The summed E-state index contributed by atoms with van der Waals surface area (Å²) < 4.78 is 0. The number of aliphatic hydroxyl groups is 1. The monoisotopic (exact) mass is 334 g/mol. The van der Waals surface area contributed by atoms with Crippen molar-refractivity contribution < 1.29 is 85.6 Å². The van der Waals surface area contributed by atoms with Gasteiger partial charge in [-0.05, 0) is 0 Å². The summed E-state index contributed by atoms with van der Waals surface area (Å²) in [6.45, 7) is 0. The smallest absolute Gasteiger partial charge is 1.00 e. The molecule has 0 aliphatic heterocycles. The van der Waals surface area contributed by atoms with Crippen molar-refractivity contribution in [2.24, 2.45) is 0 Å². The summed E-state index contributed by atoms with van der Waals surface area (Å²) in [5.74, 6) is -7.17. The fourth-order valence-corrected chi connectivity index (χ4v) is 0.928. The van der Waals surface area contributed by atoms with Crippen molar-refractivity contribution in [1.29, 1.82) is 0 Å². The van der Waals surface area contributed by atoms with Crippen LogP contribution < -0.4 is 29.6 Å². The molecule has 0 rings (SSSR count). The van der Waals surface area contributed by atoms with Crippen LogP contribution in [-0.4, -0.2) is 66.1 Å². The molecule has 122 valence electrons. The van der Waals surface area contributed by atoms with E-state index in [0.29, 0.717) is 0 Å². The van der Waals surface area contributed by atoms with E-state index in [-0.39, 0.29) is 43.8 Å². The van der Waals surface area contributed by atoms with E-state index < -0.39 is 48.3 Å². The third kappa shape index (κ3) is 14.7. The molecule has 0 heterocycles. The van der Waals surface area contributed by atoms with Crippen molar-refractivity contribution in [3.05, 3.63) is 0 Å². The summed E-state index contributed by atoms with van der Waals surface area (Å²) in [4.78, 5) is 49.8. The minimum Gasteiger partial charge on any atom is -1.00 e. The zero-order chi connectivity index (χ0) is 17.2. The molecular weight excluding hydrogens is 319 g/mol. The van der Waals surface area contributed by atoms with Crippen LogP contribution in [0.15, 0.2) is 0 Å². The average Bonchev–Trinajstić information content (AvgIpc) is 2.24. The Labute approximate surface area is 147 Å². The molecule has 12 heteroatoms. The average molecular weight is 334 g/mol. The molecule has 0 amide bonds. The van der Waals surface area contributed by atoms with Gasteiger partial charge in [-0.25, -0.2) is 4.79 Å². The molecular formula is C10H15NaO11. The van der Waals surface area contributed by atoms with E-state index in [1.807, 2.05) is 0 Å². The molecule has 0 aliphatic rings. The van der Waals surface area contributed by atoms with Gasteiger partial charge in [0, 0.05) is 0 Å². The zero-order valence-electron chi connectivity index (χ0n) is 12.6. The van der Waals surface area contributed by atoms with Gasteiger partial charge in [0.1, 0.15) is 0 Å². The standard InChI is InChI=1S/C6H8O7.C4H6O4.Na.H/c7-3(8)1-6(13,5(11)12)2-4(9)10;5-3(6)1-2-4(7)8;;/h13H,1-2H2,(H,7,8)(H,9,10)(H,11,12);1-2H2,(H,5,6)(H,7,8);;/q;;+1;-1. The molecule has 0 fully saturated rings. The summed E-state index contributed by atoms with van der Waals surface area (Å²) in [6.07, 6.45) is -2.88. The molecule has 0 saturated heterocycles. The van der Waals surface area contributed by atoms with Crippen LogP contribution in [0.5, 0.6) is 0 Å². The first kappa shape index (κ1) is 25.3. The molecule has 0 aromatic heterocycles. The molecule has 0 bridgehead atoms. The first-order valence-corrected chi connectivity index (χ1v) is 5.23. The Morgan fingerprint density at radius 3 is 1.09 bits per heavy atom. The van der Waals surface area contributed by atoms with Gasteiger partial charge in [-0.15, -0.1) is 0 Å². The number of rotatable bonds is 8. The normalized spacial score (nSPS) is 9.50. The third-order valence-corrected chi connectivity index (χ3v) is 1.84. The first-order valence-electron chi connectivity index (χ1n) is 5.23. The van der Waals surface area contributed by atoms with Gasteiger partial charge in [-0.3, -0.25) is 19.2 Å². The molecule has 0 unspecified atom stereocenters. The van der Waals surface area contributed by atoms with E-state index in [1.165, 1.54) is 0 Å². The maximum Gasteiger partial charge on any atom is 1.00 e. The van der Waals surface area contributed by atoms with E-state index in [4.69, 9.17) is 30.6 Å². The van der Waals surface area contributed by atoms with Crippen LogP contribution in [0.1, 0.15) is 27.1 Å². The minimum absolute atomic E-state index is 0. The molecule has 6 N–H and O–H groups in total. The first-order chi connectivity index (χ1) is 9.40. The largest absolute Gasteiger partial charge is 1.00 e. The van der Waals surface area contributed by atoms with E-state index in [1.54, 1.807) is 0 Å². The zero-order valence-corrected chi connectivity index (χ0v) is 13.6.